The van der Waals surface area contributed by atoms with E-state index in [4.69, 9.17) is 0 Å². The first-order chi connectivity index (χ1) is 7.42. The van der Waals surface area contributed by atoms with E-state index in [9.17, 15) is 0 Å². The molecule has 0 unspecified atom stereocenters. The molecule has 0 atom stereocenters. The fourth-order valence-corrected chi connectivity index (χ4v) is 2.45. The zero-order valence-corrected chi connectivity index (χ0v) is 10.0. The van der Waals surface area contributed by atoms with Crippen LogP contribution in [-0.2, 0) is 6.42 Å². The number of benzene rings is 1. The molecule has 0 radical (unpaired) electrons. The molecule has 0 aliphatic carbocycles. The highest BCUT2D eigenvalue weighted by Crippen LogP contribution is 2.27. The van der Waals surface area contributed by atoms with Crippen LogP contribution in [0, 0.1) is 0 Å². The average molecular weight is 221 g/mol. The summed E-state index contributed by atoms with van der Waals surface area (Å²) >= 11 is 4.23. The minimum absolute atomic E-state index is 1.02. The Balaban J connectivity index is 1.85. The molecule has 0 saturated carbocycles. The monoisotopic (exact) mass is 221 g/mol. The summed E-state index contributed by atoms with van der Waals surface area (Å²) in [4.78, 5) is 2.52. The molecule has 1 aliphatic heterocycles. The van der Waals surface area contributed by atoms with Crippen molar-refractivity contribution in [1.82, 2.24) is 0 Å². The van der Waals surface area contributed by atoms with Crippen molar-refractivity contribution < 1.29 is 0 Å². The number of nitrogens with zero attached hydrogens (tertiary/aromatic N) is 1. The summed E-state index contributed by atoms with van der Waals surface area (Å²) in [5.74, 6) is 1.02. The van der Waals surface area contributed by atoms with E-state index in [1.54, 1.807) is 0 Å². The molecule has 1 aliphatic rings. The van der Waals surface area contributed by atoms with Gasteiger partial charge in [-0.1, -0.05) is 24.6 Å². The zero-order chi connectivity index (χ0) is 10.5. The predicted molar refractivity (Wildman–Crippen MR) is 70.1 cm³/mol. The largest absolute Gasteiger partial charge is 0.371 e. The summed E-state index contributed by atoms with van der Waals surface area (Å²) in [5, 5.41) is 0. The van der Waals surface area contributed by atoms with Gasteiger partial charge in [-0.2, -0.15) is 12.6 Å². The summed E-state index contributed by atoms with van der Waals surface area (Å²) < 4.78 is 0. The third kappa shape index (κ3) is 2.69. The lowest BCUT2D eigenvalue weighted by Gasteiger charge is -2.18. The van der Waals surface area contributed by atoms with Crippen molar-refractivity contribution >= 4 is 18.3 Å². The Labute approximate surface area is 97.9 Å². The number of hydrogen-bond acceptors (Lipinski definition) is 2. The van der Waals surface area contributed by atoms with Crippen molar-refractivity contribution in [3.05, 3.63) is 29.8 Å². The maximum absolute atomic E-state index is 4.23. The van der Waals surface area contributed by atoms with Gasteiger partial charge in [-0.15, -0.1) is 0 Å². The third-order valence-corrected chi connectivity index (χ3v) is 3.39. The van der Waals surface area contributed by atoms with E-state index in [0.29, 0.717) is 0 Å². The summed E-state index contributed by atoms with van der Waals surface area (Å²) in [6.07, 6.45) is 5.08. The van der Waals surface area contributed by atoms with Crippen LogP contribution in [0.5, 0.6) is 0 Å². The maximum Gasteiger partial charge on any atom is 0.0399 e. The zero-order valence-electron chi connectivity index (χ0n) is 9.15. The number of rotatable bonds is 5. The number of hydrogen-bond donors (Lipinski definition) is 1. The van der Waals surface area contributed by atoms with Crippen LogP contribution >= 0.6 is 12.6 Å². The standard InChI is InChI=1S/C13H19NS/c15-11-5-1-4-9-14-10-8-12-6-2-3-7-13(12)14/h2-3,6-7,15H,1,4-5,8-11H2. The number of para-hydroxylation sites is 1. The molecule has 0 amide bonds. The molecule has 82 valence electrons. The van der Waals surface area contributed by atoms with Crippen LogP contribution in [-0.4, -0.2) is 18.8 Å². The first-order valence-electron chi connectivity index (χ1n) is 5.85. The lowest BCUT2D eigenvalue weighted by Crippen LogP contribution is -2.21. The van der Waals surface area contributed by atoms with Crippen LogP contribution in [0.25, 0.3) is 0 Å². The summed E-state index contributed by atoms with van der Waals surface area (Å²) in [5.41, 5.74) is 2.98. The van der Waals surface area contributed by atoms with Gasteiger partial charge in [0.25, 0.3) is 0 Å². The van der Waals surface area contributed by atoms with Gasteiger partial charge in [0.15, 0.2) is 0 Å². The Morgan fingerprint density at radius 3 is 2.87 bits per heavy atom. The molecule has 2 heteroatoms. The van der Waals surface area contributed by atoms with Crippen LogP contribution in [0.2, 0.25) is 0 Å². The maximum atomic E-state index is 4.23. The smallest absolute Gasteiger partial charge is 0.0399 e. The Morgan fingerprint density at radius 2 is 2.00 bits per heavy atom. The van der Waals surface area contributed by atoms with Gasteiger partial charge in [0, 0.05) is 18.8 Å². The van der Waals surface area contributed by atoms with Crippen molar-refractivity contribution in [1.29, 1.82) is 0 Å². The second-order valence-corrected chi connectivity index (χ2v) is 4.60. The van der Waals surface area contributed by atoms with E-state index in [2.05, 4.69) is 41.8 Å². The van der Waals surface area contributed by atoms with Crippen LogP contribution < -0.4 is 4.90 Å². The lowest BCUT2D eigenvalue weighted by atomic mass is 10.2. The molecule has 0 aromatic heterocycles. The van der Waals surface area contributed by atoms with E-state index >= 15 is 0 Å². The highest BCUT2D eigenvalue weighted by Gasteiger charge is 2.16. The molecule has 0 N–H and O–H groups in total. The molecule has 0 spiro atoms. The van der Waals surface area contributed by atoms with E-state index in [0.717, 1.165) is 5.75 Å². The Morgan fingerprint density at radius 1 is 1.13 bits per heavy atom. The van der Waals surface area contributed by atoms with Gasteiger partial charge < -0.3 is 4.90 Å². The molecule has 1 aromatic carbocycles. The minimum atomic E-state index is 1.02. The second-order valence-electron chi connectivity index (χ2n) is 4.15. The molecule has 2 rings (SSSR count). The fourth-order valence-electron chi connectivity index (χ4n) is 2.23. The molecular formula is C13H19NS. The molecule has 1 aromatic rings. The first kappa shape index (κ1) is 10.9. The van der Waals surface area contributed by atoms with Gasteiger partial charge >= 0.3 is 0 Å². The van der Waals surface area contributed by atoms with E-state index < -0.39 is 0 Å². The van der Waals surface area contributed by atoms with Crippen molar-refractivity contribution in [3.63, 3.8) is 0 Å². The summed E-state index contributed by atoms with van der Waals surface area (Å²) in [6.45, 7) is 2.42. The third-order valence-electron chi connectivity index (χ3n) is 3.07. The molecule has 15 heavy (non-hydrogen) atoms. The molecule has 0 saturated heterocycles. The summed E-state index contributed by atoms with van der Waals surface area (Å²) in [7, 11) is 0. The lowest BCUT2D eigenvalue weighted by molar-refractivity contribution is 0.692. The molecule has 0 bridgehead atoms. The normalized spacial score (nSPS) is 14.3. The molecule has 1 heterocycles. The molecule has 1 nitrogen and oxygen atoms in total. The van der Waals surface area contributed by atoms with Gasteiger partial charge in [0.05, 0.1) is 0 Å². The van der Waals surface area contributed by atoms with E-state index in [1.165, 1.54) is 50.0 Å². The van der Waals surface area contributed by atoms with Gasteiger partial charge in [0.1, 0.15) is 0 Å². The minimum Gasteiger partial charge on any atom is -0.371 e. The topological polar surface area (TPSA) is 3.24 Å². The highest BCUT2D eigenvalue weighted by molar-refractivity contribution is 7.80. The number of fused-ring (bicyclic) bond motifs is 1. The molecule has 0 fully saturated rings. The van der Waals surface area contributed by atoms with E-state index in [-0.39, 0.29) is 0 Å². The van der Waals surface area contributed by atoms with Crippen molar-refractivity contribution in [3.8, 4) is 0 Å². The Kier molecular flexibility index (Phi) is 3.95. The quantitative estimate of drug-likeness (QED) is 0.590. The van der Waals surface area contributed by atoms with Gasteiger partial charge in [-0.05, 0) is 36.6 Å². The number of thiol groups is 1. The number of anilines is 1. The SMILES string of the molecule is SCCCCCN1CCc2ccccc21. The van der Waals surface area contributed by atoms with Gasteiger partial charge in [0.2, 0.25) is 0 Å². The van der Waals surface area contributed by atoms with Crippen molar-refractivity contribution in [2.24, 2.45) is 0 Å². The second kappa shape index (κ2) is 5.45. The Hall–Kier alpha value is -0.630. The molecular weight excluding hydrogens is 202 g/mol. The van der Waals surface area contributed by atoms with Gasteiger partial charge in [-0.25, -0.2) is 0 Å². The highest BCUT2D eigenvalue weighted by atomic mass is 32.1. The summed E-state index contributed by atoms with van der Waals surface area (Å²) in [6, 6.07) is 8.79. The van der Waals surface area contributed by atoms with Crippen molar-refractivity contribution in [2.45, 2.75) is 25.7 Å². The Bertz CT molecular complexity index is 311. The van der Waals surface area contributed by atoms with E-state index in [1.807, 2.05) is 0 Å². The number of unbranched alkanes of at least 4 members (excludes halogenated alkanes) is 2. The van der Waals surface area contributed by atoms with Crippen LogP contribution in [0.4, 0.5) is 5.69 Å². The first-order valence-corrected chi connectivity index (χ1v) is 6.49. The average Bonchev–Trinajstić information content (AvgIpc) is 2.68. The van der Waals surface area contributed by atoms with Crippen LogP contribution in [0.3, 0.4) is 0 Å². The predicted octanol–water partition coefficient (Wildman–Crippen LogP) is 3.15. The van der Waals surface area contributed by atoms with Gasteiger partial charge in [-0.3, -0.25) is 0 Å². The van der Waals surface area contributed by atoms with Crippen molar-refractivity contribution in [2.75, 3.05) is 23.7 Å². The van der Waals surface area contributed by atoms with Crippen LogP contribution in [0.15, 0.2) is 24.3 Å². The van der Waals surface area contributed by atoms with Crippen LogP contribution in [0.1, 0.15) is 24.8 Å². The fraction of sp³-hybridized carbons (Fsp3) is 0.538.